The number of aromatic nitrogens is 4. The average molecular weight is 1410 g/mol. The number of primary sulfonamides is 1. The van der Waals surface area contributed by atoms with E-state index in [1.807, 2.05) is 4.72 Å². The Morgan fingerprint density at radius 3 is 1.23 bits per heavy atom. The lowest BCUT2D eigenvalue weighted by molar-refractivity contribution is -0.275. The minimum Gasteiger partial charge on any atom is -0.478 e. The second kappa shape index (κ2) is 30.3. The largest absolute Gasteiger partial charge is 0.573 e. The molecule has 520 valence electrons. The van der Waals surface area contributed by atoms with E-state index in [-0.39, 0.29) is 92.2 Å². The molecule has 6 N–H and O–H groups in total. The molecule has 3 amide bonds. The van der Waals surface area contributed by atoms with Crippen molar-refractivity contribution in [1.29, 1.82) is 0 Å². The van der Waals surface area contributed by atoms with Gasteiger partial charge in [-0.05, 0) is 109 Å². The number of anilines is 2. The summed E-state index contributed by atoms with van der Waals surface area (Å²) >= 11 is 0. The van der Waals surface area contributed by atoms with Crippen LogP contribution in [0.2, 0.25) is 0 Å². The lowest BCUT2D eigenvalue weighted by Crippen LogP contribution is -2.31. The van der Waals surface area contributed by atoms with Crippen LogP contribution < -0.4 is 39.8 Å². The molecule has 2 aliphatic heterocycles. The Bertz CT molecular complexity index is 4330. The Morgan fingerprint density at radius 2 is 0.887 bits per heavy atom. The zero-order valence-electron chi connectivity index (χ0n) is 49.1. The minimum absolute atomic E-state index is 0. The van der Waals surface area contributed by atoms with Gasteiger partial charge < -0.3 is 35.0 Å². The quantitative estimate of drug-likeness (QED) is 0.0530. The SMILES string of the molecule is C.C.C[C@H](NC(=O)c1c(C(F)(F)F)nn2c1N(Cc1cccc(OC(F)(F)F)c1)CC2)c1ccc(C(=O)NS(=O)(=O)c2ccccc2)cc1.C[C@H](NC(=O)c1c(C(F)(F)F)nn2c1N(Cc1cccc(OC(F)(F)F)c1)CC2)c1ccc(C(=O)O)cc1.NS(=O)(=O)c1ccccc1. The molecule has 0 saturated carbocycles. The van der Waals surface area contributed by atoms with E-state index in [0.29, 0.717) is 16.7 Å². The summed E-state index contributed by atoms with van der Waals surface area (Å²) in [6, 6.07) is 34.3. The van der Waals surface area contributed by atoms with Crippen LogP contribution in [0.5, 0.6) is 11.5 Å². The highest BCUT2D eigenvalue weighted by Gasteiger charge is 2.46. The number of carbonyl (C=O) groups is 4. The third kappa shape index (κ3) is 19.7. The third-order valence-corrected chi connectivity index (χ3v) is 16.3. The van der Waals surface area contributed by atoms with Crippen molar-refractivity contribution in [2.24, 2.45) is 5.14 Å². The second-order valence-corrected chi connectivity index (χ2v) is 24.1. The molecule has 0 fully saturated rings. The summed E-state index contributed by atoms with van der Waals surface area (Å²) in [6.45, 7) is 3.08. The first-order valence-corrected chi connectivity index (χ1v) is 30.7. The molecule has 8 aromatic rings. The van der Waals surface area contributed by atoms with Crippen LogP contribution in [0.25, 0.3) is 0 Å². The summed E-state index contributed by atoms with van der Waals surface area (Å²) in [4.78, 5) is 53.1. The molecule has 21 nitrogen and oxygen atoms in total. The predicted octanol–water partition coefficient (Wildman–Crippen LogP) is 12.0. The molecule has 0 radical (unpaired) electrons. The van der Waals surface area contributed by atoms with Crippen molar-refractivity contribution < 1.29 is 103 Å². The van der Waals surface area contributed by atoms with Gasteiger partial charge in [0.05, 0.1) is 40.5 Å². The number of fused-ring (bicyclic) bond motifs is 2. The first-order valence-electron chi connectivity index (χ1n) is 27.7. The standard InChI is InChI=1S/C30H25F6N5O5S.C24H20F6N4O4.C6H7NO2S.2CH4/c1-18(20-10-12-21(13-11-20)26(42)39-47(44,45)23-8-3-2-4-9-23)37-27(43)24-25(29(31,32)33)38-41-15-14-40(28(24)41)17-19-6-5-7-22(16-19)46-30(34,35)36;1-13(15-5-7-16(8-6-15)22(36)37)31-20(35)18-19(23(25,26)27)32-34-10-9-33(21(18)34)12-14-3-2-4-17(11-14)38-24(28,29)30;7-10(8,9)6-4-2-1-3-5-6;;/h2-13,16,18H,14-15,17H2,1H3,(H,37,43)(H,39,42);2-8,11,13H,9-10,12H2,1H3,(H,31,35)(H,36,37);1-5H,(H2,7,8,9);2*1H4/t18-;13-;;;/m00.../s1. The third-order valence-electron chi connectivity index (χ3n) is 14.0. The fraction of sp³-hybridized carbons (Fsp3) is 0.258. The van der Waals surface area contributed by atoms with Gasteiger partial charge in [-0.2, -0.15) is 36.5 Å². The molecule has 0 saturated heterocycles. The van der Waals surface area contributed by atoms with Crippen LogP contribution in [-0.2, 0) is 58.6 Å². The van der Waals surface area contributed by atoms with Gasteiger partial charge in [0.15, 0.2) is 11.4 Å². The van der Waals surface area contributed by atoms with Crippen molar-refractivity contribution in [2.75, 3.05) is 22.9 Å². The van der Waals surface area contributed by atoms with Gasteiger partial charge in [-0.3, -0.25) is 14.4 Å². The van der Waals surface area contributed by atoms with E-state index in [1.165, 1.54) is 133 Å². The van der Waals surface area contributed by atoms with Gasteiger partial charge >= 0.3 is 31.0 Å². The number of carboxylic acid groups (broad SMARTS) is 1. The van der Waals surface area contributed by atoms with Gasteiger partial charge in [0.2, 0.25) is 10.0 Å². The van der Waals surface area contributed by atoms with Gasteiger partial charge in [0.1, 0.15) is 34.3 Å². The lowest BCUT2D eigenvalue weighted by atomic mass is 10.0. The van der Waals surface area contributed by atoms with Crippen LogP contribution in [0.4, 0.5) is 64.3 Å². The molecule has 97 heavy (non-hydrogen) atoms. The minimum atomic E-state index is -5.01. The smallest absolute Gasteiger partial charge is 0.478 e. The topological polar surface area (TPSA) is 279 Å². The monoisotopic (exact) mass is 1410 g/mol. The summed E-state index contributed by atoms with van der Waals surface area (Å²) in [5.74, 6) is -5.52. The van der Waals surface area contributed by atoms with Crippen molar-refractivity contribution in [3.63, 3.8) is 0 Å². The summed E-state index contributed by atoms with van der Waals surface area (Å²) in [6.07, 6.45) is -19.8. The number of carbonyl (C=O) groups excluding carboxylic acids is 3. The number of nitrogens with zero attached hydrogens (tertiary/aromatic N) is 6. The molecule has 10 rings (SSSR count). The van der Waals surface area contributed by atoms with E-state index in [2.05, 4.69) is 30.3 Å². The van der Waals surface area contributed by atoms with E-state index in [9.17, 15) is 88.7 Å². The van der Waals surface area contributed by atoms with Crippen molar-refractivity contribution in [1.82, 2.24) is 34.9 Å². The predicted molar refractivity (Wildman–Crippen MR) is 327 cm³/mol. The van der Waals surface area contributed by atoms with Crippen molar-refractivity contribution in [3.8, 4) is 11.5 Å². The summed E-state index contributed by atoms with van der Waals surface area (Å²) in [7, 11) is -7.65. The Balaban J connectivity index is 0.000000267. The zero-order valence-corrected chi connectivity index (χ0v) is 50.7. The van der Waals surface area contributed by atoms with E-state index < -0.39 is 115 Å². The molecule has 0 aliphatic carbocycles. The van der Waals surface area contributed by atoms with Crippen LogP contribution in [-0.4, -0.2) is 91.0 Å². The molecule has 6 aromatic carbocycles. The fourth-order valence-corrected chi connectivity index (χ4v) is 11.3. The molecule has 2 aromatic heterocycles. The molecular weight excluding hydrogens is 1350 g/mol. The van der Waals surface area contributed by atoms with Crippen molar-refractivity contribution >= 4 is 55.4 Å². The number of nitrogens with two attached hydrogens (primary N) is 1. The van der Waals surface area contributed by atoms with E-state index in [0.717, 1.165) is 33.6 Å². The molecular formula is C62H60F12N10O11S2. The van der Waals surface area contributed by atoms with Gasteiger partial charge in [-0.25, -0.2) is 40.9 Å². The molecule has 2 aliphatic rings. The lowest BCUT2D eigenvalue weighted by Gasteiger charge is -2.21. The van der Waals surface area contributed by atoms with E-state index in [4.69, 9.17) is 10.2 Å². The van der Waals surface area contributed by atoms with Crippen molar-refractivity contribution in [3.05, 3.63) is 214 Å². The first-order chi connectivity index (χ1) is 44.3. The molecule has 4 heterocycles. The van der Waals surface area contributed by atoms with Crippen LogP contribution in [0.1, 0.15) is 116 Å². The number of alkyl halides is 12. The number of carboxylic acids is 1. The van der Waals surface area contributed by atoms with Crippen LogP contribution in [0.15, 0.2) is 168 Å². The number of aromatic carboxylic acids is 1. The molecule has 0 spiro atoms. The van der Waals surface area contributed by atoms with E-state index >= 15 is 0 Å². The van der Waals surface area contributed by atoms with Gasteiger partial charge in [0, 0.05) is 31.7 Å². The Labute approximate surface area is 546 Å². The van der Waals surface area contributed by atoms with Crippen LogP contribution in [0, 0.1) is 0 Å². The average Bonchev–Trinajstić information content (AvgIpc) is 1.61. The van der Waals surface area contributed by atoms with E-state index in [1.54, 1.807) is 24.3 Å². The maximum absolute atomic E-state index is 14.1. The normalized spacial score (nSPS) is 13.5. The highest BCUT2D eigenvalue weighted by molar-refractivity contribution is 7.90. The number of halogens is 12. The molecule has 0 unspecified atom stereocenters. The zero-order chi connectivity index (χ0) is 69.6. The summed E-state index contributed by atoms with van der Waals surface area (Å²) in [5, 5.41) is 26.1. The maximum Gasteiger partial charge on any atom is 0.573 e. The number of rotatable bonds is 17. The Morgan fingerprint density at radius 1 is 0.515 bits per heavy atom. The molecule has 2 atom stereocenters. The van der Waals surface area contributed by atoms with Gasteiger partial charge in [-0.1, -0.05) is 99.8 Å². The van der Waals surface area contributed by atoms with Crippen molar-refractivity contribution in [2.45, 2.75) is 102 Å². The summed E-state index contributed by atoms with van der Waals surface area (Å²) in [5.41, 5.74) is -2.88. The first kappa shape index (κ1) is 75.9. The van der Waals surface area contributed by atoms with Gasteiger partial charge in [0.25, 0.3) is 27.7 Å². The number of ether oxygens (including phenoxy) is 2. The van der Waals surface area contributed by atoms with Crippen LogP contribution in [0.3, 0.4) is 0 Å². The number of sulfonamides is 2. The Kier molecular flexibility index (Phi) is 23.7. The number of benzene rings is 6. The van der Waals surface area contributed by atoms with Gasteiger partial charge in [-0.15, -0.1) is 26.3 Å². The number of amides is 3. The number of hydrogen-bond donors (Lipinski definition) is 5. The highest BCUT2D eigenvalue weighted by Crippen LogP contribution is 2.41. The number of hydrogen-bond acceptors (Lipinski definition) is 14. The molecule has 0 bridgehead atoms. The number of nitrogens with one attached hydrogen (secondary N) is 3. The Hall–Kier alpha value is -10.2. The summed E-state index contributed by atoms with van der Waals surface area (Å²) < 4.78 is 218. The molecule has 35 heteroatoms. The second-order valence-electron chi connectivity index (χ2n) is 20.8. The fourth-order valence-electron chi connectivity index (χ4n) is 9.74. The highest BCUT2D eigenvalue weighted by atomic mass is 32.2. The van der Waals surface area contributed by atoms with Crippen LogP contribution >= 0.6 is 0 Å². The maximum atomic E-state index is 14.1.